The fourth-order valence-corrected chi connectivity index (χ4v) is 2.77. The summed E-state index contributed by atoms with van der Waals surface area (Å²) in [7, 11) is 3.41. The Labute approximate surface area is 120 Å². The van der Waals surface area contributed by atoms with Crippen LogP contribution >= 0.6 is 11.6 Å². The minimum atomic E-state index is -0.0629. The van der Waals surface area contributed by atoms with Crippen molar-refractivity contribution < 1.29 is 9.47 Å². The number of nitrogens with zero attached hydrogens (tertiary/aromatic N) is 1. The van der Waals surface area contributed by atoms with Crippen LogP contribution in [-0.2, 0) is 9.47 Å². The lowest BCUT2D eigenvalue weighted by Crippen LogP contribution is -2.35. The van der Waals surface area contributed by atoms with Crippen LogP contribution in [0.25, 0.3) is 0 Å². The fraction of sp³-hybridized carbons (Fsp3) is 0.600. The van der Waals surface area contributed by atoms with Crippen LogP contribution in [0.5, 0.6) is 0 Å². The first kappa shape index (κ1) is 14.6. The molecule has 0 radical (unpaired) electrons. The predicted molar refractivity (Wildman–Crippen MR) is 78.8 cm³/mol. The smallest absolute Gasteiger partial charge is 0.157 e. The molecule has 4 heteroatoms. The van der Waals surface area contributed by atoms with Crippen molar-refractivity contribution in [1.82, 2.24) is 0 Å². The van der Waals surface area contributed by atoms with Gasteiger partial charge in [0.25, 0.3) is 0 Å². The average molecular weight is 284 g/mol. The fourth-order valence-electron chi connectivity index (χ4n) is 2.64. The van der Waals surface area contributed by atoms with E-state index < -0.39 is 0 Å². The van der Waals surface area contributed by atoms with E-state index in [2.05, 4.69) is 17.0 Å². The van der Waals surface area contributed by atoms with Crippen molar-refractivity contribution in [3.05, 3.63) is 29.3 Å². The summed E-state index contributed by atoms with van der Waals surface area (Å²) in [6.07, 6.45) is 3.30. The van der Waals surface area contributed by atoms with Crippen LogP contribution < -0.4 is 4.90 Å². The molecule has 0 saturated carbocycles. The third-order valence-electron chi connectivity index (χ3n) is 3.86. The van der Waals surface area contributed by atoms with Gasteiger partial charge in [-0.1, -0.05) is 11.6 Å². The quantitative estimate of drug-likeness (QED) is 0.771. The molecule has 0 aromatic heterocycles. The second kappa shape index (κ2) is 7.13. The molecule has 1 saturated heterocycles. The Hall–Kier alpha value is -0.770. The van der Waals surface area contributed by atoms with E-state index >= 15 is 0 Å². The van der Waals surface area contributed by atoms with E-state index in [1.165, 1.54) is 18.5 Å². The molecule has 1 aromatic rings. The predicted octanol–water partition coefficient (Wildman–Crippen LogP) is 3.57. The van der Waals surface area contributed by atoms with Gasteiger partial charge in [-0.25, -0.2) is 0 Å². The van der Waals surface area contributed by atoms with Crippen molar-refractivity contribution in [2.75, 3.05) is 32.2 Å². The van der Waals surface area contributed by atoms with Gasteiger partial charge in [0.05, 0.1) is 0 Å². The summed E-state index contributed by atoms with van der Waals surface area (Å²) in [5, 5.41) is 0.793. The molecule has 3 nitrogen and oxygen atoms in total. The van der Waals surface area contributed by atoms with E-state index in [0.29, 0.717) is 5.92 Å². The highest BCUT2D eigenvalue weighted by Crippen LogP contribution is 2.27. The highest BCUT2D eigenvalue weighted by Gasteiger charge is 2.22. The molecule has 1 aliphatic heterocycles. The summed E-state index contributed by atoms with van der Waals surface area (Å²) in [6, 6.07) is 8.09. The lowest BCUT2D eigenvalue weighted by atomic mass is 9.93. The summed E-state index contributed by atoms with van der Waals surface area (Å²) in [5.74, 6) is 0.688. The Bertz CT molecular complexity index is 370. The minimum absolute atomic E-state index is 0.0629. The van der Waals surface area contributed by atoms with Gasteiger partial charge in [0.1, 0.15) is 0 Å². The molecule has 106 valence electrons. The van der Waals surface area contributed by atoms with E-state index in [1.54, 1.807) is 14.2 Å². The summed E-state index contributed by atoms with van der Waals surface area (Å²) in [6.45, 7) is 2.18. The molecule has 0 aliphatic carbocycles. The number of piperidine rings is 1. The van der Waals surface area contributed by atoms with Crippen molar-refractivity contribution in [1.29, 1.82) is 0 Å². The molecule has 1 aliphatic rings. The maximum absolute atomic E-state index is 5.92. The second-order valence-corrected chi connectivity index (χ2v) is 5.48. The number of ether oxygens (including phenoxy) is 2. The van der Waals surface area contributed by atoms with Crippen molar-refractivity contribution in [2.45, 2.75) is 25.6 Å². The third-order valence-corrected chi connectivity index (χ3v) is 4.11. The Kier molecular flexibility index (Phi) is 5.49. The first-order valence-electron chi connectivity index (χ1n) is 6.79. The molecule has 1 aromatic carbocycles. The SMILES string of the molecule is COC(CC1CCN(c2ccc(Cl)cc2)CC1)OC. The molecule has 0 bridgehead atoms. The zero-order chi connectivity index (χ0) is 13.7. The number of rotatable bonds is 5. The lowest BCUT2D eigenvalue weighted by Gasteiger charge is -2.34. The Morgan fingerprint density at radius 2 is 1.74 bits per heavy atom. The monoisotopic (exact) mass is 283 g/mol. The summed E-state index contributed by atoms with van der Waals surface area (Å²) in [5.41, 5.74) is 1.26. The third kappa shape index (κ3) is 4.10. The maximum atomic E-state index is 5.92. The van der Waals surface area contributed by atoms with Gasteiger partial charge in [0, 0.05) is 44.4 Å². The summed E-state index contributed by atoms with van der Waals surface area (Å²) < 4.78 is 10.6. The van der Waals surface area contributed by atoms with Crippen molar-refractivity contribution >= 4 is 17.3 Å². The molecule has 1 heterocycles. The van der Waals surface area contributed by atoms with E-state index in [4.69, 9.17) is 21.1 Å². The minimum Gasteiger partial charge on any atom is -0.372 e. The van der Waals surface area contributed by atoms with E-state index in [-0.39, 0.29) is 6.29 Å². The van der Waals surface area contributed by atoms with Crippen molar-refractivity contribution in [2.24, 2.45) is 5.92 Å². The second-order valence-electron chi connectivity index (χ2n) is 5.04. The number of halogens is 1. The molecule has 0 N–H and O–H groups in total. The average Bonchev–Trinajstić information content (AvgIpc) is 2.46. The zero-order valence-corrected chi connectivity index (χ0v) is 12.4. The Balaban J connectivity index is 1.83. The van der Waals surface area contributed by atoms with Crippen LogP contribution in [0.1, 0.15) is 19.3 Å². The van der Waals surface area contributed by atoms with Gasteiger partial charge < -0.3 is 14.4 Å². The first-order valence-corrected chi connectivity index (χ1v) is 7.17. The van der Waals surface area contributed by atoms with Crippen molar-refractivity contribution in [3.8, 4) is 0 Å². The van der Waals surface area contributed by atoms with Crippen LogP contribution in [-0.4, -0.2) is 33.6 Å². The van der Waals surface area contributed by atoms with E-state index in [0.717, 1.165) is 24.5 Å². The van der Waals surface area contributed by atoms with E-state index in [9.17, 15) is 0 Å². The number of methoxy groups -OCH3 is 2. The largest absolute Gasteiger partial charge is 0.372 e. The molecule has 0 amide bonds. The molecule has 1 fully saturated rings. The van der Waals surface area contributed by atoms with Gasteiger partial charge >= 0.3 is 0 Å². The van der Waals surface area contributed by atoms with Crippen LogP contribution in [0.2, 0.25) is 5.02 Å². The van der Waals surface area contributed by atoms with Crippen LogP contribution in [0.4, 0.5) is 5.69 Å². The molecular weight excluding hydrogens is 262 g/mol. The zero-order valence-electron chi connectivity index (χ0n) is 11.6. The molecular formula is C15H22ClNO2. The highest BCUT2D eigenvalue weighted by atomic mass is 35.5. The van der Waals surface area contributed by atoms with Crippen LogP contribution in [0.3, 0.4) is 0 Å². The normalized spacial score (nSPS) is 17.2. The van der Waals surface area contributed by atoms with Gasteiger partial charge in [-0.2, -0.15) is 0 Å². The number of hydrogen-bond donors (Lipinski definition) is 0. The van der Waals surface area contributed by atoms with Gasteiger partial charge in [0.15, 0.2) is 6.29 Å². The maximum Gasteiger partial charge on any atom is 0.157 e. The Morgan fingerprint density at radius 3 is 2.26 bits per heavy atom. The first-order chi connectivity index (χ1) is 9.22. The highest BCUT2D eigenvalue weighted by molar-refractivity contribution is 6.30. The number of hydrogen-bond acceptors (Lipinski definition) is 3. The molecule has 2 rings (SSSR count). The lowest BCUT2D eigenvalue weighted by molar-refractivity contribution is -0.115. The molecule has 0 spiro atoms. The topological polar surface area (TPSA) is 21.7 Å². The van der Waals surface area contributed by atoms with Gasteiger partial charge in [0.2, 0.25) is 0 Å². The Morgan fingerprint density at radius 1 is 1.16 bits per heavy atom. The van der Waals surface area contributed by atoms with Gasteiger partial charge in [-0.15, -0.1) is 0 Å². The van der Waals surface area contributed by atoms with E-state index in [1.807, 2.05) is 12.1 Å². The molecule has 0 unspecified atom stereocenters. The molecule has 19 heavy (non-hydrogen) atoms. The standard InChI is InChI=1S/C15H22ClNO2/c1-18-15(19-2)11-12-7-9-17(10-8-12)14-5-3-13(16)4-6-14/h3-6,12,15H,7-11H2,1-2H3. The van der Waals surface area contributed by atoms with Gasteiger partial charge in [-0.05, 0) is 43.0 Å². The number of anilines is 1. The van der Waals surface area contributed by atoms with Crippen molar-refractivity contribution in [3.63, 3.8) is 0 Å². The van der Waals surface area contributed by atoms with Crippen LogP contribution in [0.15, 0.2) is 24.3 Å². The summed E-state index contributed by atoms with van der Waals surface area (Å²) >= 11 is 5.92. The van der Waals surface area contributed by atoms with Gasteiger partial charge in [-0.3, -0.25) is 0 Å². The number of benzene rings is 1. The summed E-state index contributed by atoms with van der Waals surface area (Å²) in [4.78, 5) is 2.42. The van der Waals surface area contributed by atoms with Crippen LogP contribution in [0, 0.1) is 5.92 Å². The molecule has 0 atom stereocenters.